The van der Waals surface area contributed by atoms with E-state index in [-0.39, 0.29) is 17.2 Å². The summed E-state index contributed by atoms with van der Waals surface area (Å²) in [7, 11) is 0. The minimum atomic E-state index is 0.0675. The molecule has 0 saturated carbocycles. The molecule has 3 heterocycles. The van der Waals surface area contributed by atoms with Gasteiger partial charge in [-0.2, -0.15) is 0 Å². The van der Waals surface area contributed by atoms with Crippen molar-refractivity contribution in [2.75, 3.05) is 19.6 Å². The average Bonchev–Trinajstić information content (AvgIpc) is 3.23. The fraction of sp³-hybridized carbons (Fsp3) is 0.421. The molecule has 6 nitrogen and oxygen atoms in total. The molecule has 6 heteroatoms. The molecule has 0 atom stereocenters. The highest BCUT2D eigenvalue weighted by Crippen LogP contribution is 2.37. The molecular formula is C19H22N4O2. The maximum Gasteiger partial charge on any atom is 0.242 e. The molecule has 25 heavy (non-hydrogen) atoms. The molecule has 2 saturated heterocycles. The summed E-state index contributed by atoms with van der Waals surface area (Å²) in [6, 6.07) is 9.90. The number of aromatic nitrogens is 2. The molecule has 4 rings (SSSR count). The van der Waals surface area contributed by atoms with Gasteiger partial charge in [-0.05, 0) is 18.3 Å². The molecule has 130 valence electrons. The van der Waals surface area contributed by atoms with Crippen molar-refractivity contribution in [3.63, 3.8) is 0 Å². The number of hydrogen-bond donors (Lipinski definition) is 1. The summed E-state index contributed by atoms with van der Waals surface area (Å²) in [5.74, 6) is 1.07. The number of carbonyl (C=O) groups excluding carboxylic acids is 2. The number of amides is 2. The van der Waals surface area contributed by atoms with Crippen LogP contribution in [0.15, 0.2) is 42.7 Å². The first-order valence-corrected chi connectivity index (χ1v) is 8.76. The van der Waals surface area contributed by atoms with E-state index in [1.165, 1.54) is 0 Å². The van der Waals surface area contributed by atoms with Crippen LogP contribution in [0.3, 0.4) is 0 Å². The Morgan fingerprint density at radius 3 is 2.64 bits per heavy atom. The number of imidazole rings is 1. The van der Waals surface area contributed by atoms with Crippen LogP contribution in [0.5, 0.6) is 0 Å². The second kappa shape index (κ2) is 6.35. The van der Waals surface area contributed by atoms with Crippen molar-refractivity contribution in [1.29, 1.82) is 0 Å². The normalized spacial score (nSPS) is 19.2. The van der Waals surface area contributed by atoms with Gasteiger partial charge in [0.2, 0.25) is 11.8 Å². The van der Waals surface area contributed by atoms with Gasteiger partial charge < -0.3 is 14.8 Å². The van der Waals surface area contributed by atoms with E-state index in [0.29, 0.717) is 13.0 Å². The van der Waals surface area contributed by atoms with Gasteiger partial charge in [-0.15, -0.1) is 0 Å². The molecular weight excluding hydrogens is 316 g/mol. The molecule has 1 aromatic carbocycles. The van der Waals surface area contributed by atoms with Crippen LogP contribution < -0.4 is 5.32 Å². The fourth-order valence-corrected chi connectivity index (χ4v) is 3.87. The molecule has 0 radical (unpaired) electrons. The molecule has 0 bridgehead atoms. The number of nitrogens with zero attached hydrogens (tertiary/aromatic N) is 3. The van der Waals surface area contributed by atoms with Gasteiger partial charge in [0.1, 0.15) is 12.4 Å². The first-order valence-electron chi connectivity index (χ1n) is 8.76. The highest BCUT2D eigenvalue weighted by Gasteiger charge is 2.41. The predicted molar refractivity (Wildman–Crippen MR) is 93.5 cm³/mol. The third-order valence-corrected chi connectivity index (χ3v) is 5.43. The fourth-order valence-electron chi connectivity index (χ4n) is 3.87. The standard InChI is InChI=1S/C19H22N4O2/c24-16-12-19(14-21-16)6-9-22(10-7-19)17(25)13-23-11-8-20-18(23)15-4-2-1-3-5-15/h1-5,8,11H,6-7,9-10,12-14H2,(H,21,24). The third-order valence-electron chi connectivity index (χ3n) is 5.43. The number of rotatable bonds is 3. The second-order valence-electron chi connectivity index (χ2n) is 7.08. The zero-order chi connectivity index (χ0) is 17.3. The summed E-state index contributed by atoms with van der Waals surface area (Å²) >= 11 is 0. The van der Waals surface area contributed by atoms with E-state index in [4.69, 9.17) is 0 Å². The zero-order valence-corrected chi connectivity index (χ0v) is 14.1. The number of benzene rings is 1. The molecule has 1 spiro atoms. The molecule has 2 aliphatic rings. The van der Waals surface area contributed by atoms with Gasteiger partial charge in [0.05, 0.1) is 0 Å². The molecule has 1 aromatic heterocycles. The lowest BCUT2D eigenvalue weighted by Crippen LogP contribution is -2.45. The Labute approximate surface area is 146 Å². The van der Waals surface area contributed by atoms with E-state index < -0.39 is 0 Å². The lowest BCUT2D eigenvalue weighted by Gasteiger charge is -2.38. The van der Waals surface area contributed by atoms with E-state index >= 15 is 0 Å². The highest BCUT2D eigenvalue weighted by atomic mass is 16.2. The van der Waals surface area contributed by atoms with Crippen molar-refractivity contribution in [3.8, 4) is 11.4 Å². The molecule has 0 aliphatic carbocycles. The monoisotopic (exact) mass is 338 g/mol. The van der Waals surface area contributed by atoms with Crippen molar-refractivity contribution in [2.45, 2.75) is 25.8 Å². The van der Waals surface area contributed by atoms with Crippen LogP contribution in [0, 0.1) is 5.41 Å². The number of likely N-dealkylation sites (tertiary alicyclic amines) is 1. The van der Waals surface area contributed by atoms with Gasteiger partial charge in [0.25, 0.3) is 0 Å². The van der Waals surface area contributed by atoms with E-state index in [1.54, 1.807) is 6.20 Å². The van der Waals surface area contributed by atoms with Crippen LogP contribution in [0.4, 0.5) is 0 Å². The van der Waals surface area contributed by atoms with Crippen molar-refractivity contribution < 1.29 is 9.59 Å². The van der Waals surface area contributed by atoms with Crippen LogP contribution in [-0.2, 0) is 16.1 Å². The molecule has 2 aromatic rings. The van der Waals surface area contributed by atoms with E-state index in [1.807, 2.05) is 46.0 Å². The summed E-state index contributed by atoms with van der Waals surface area (Å²) in [6.07, 6.45) is 5.98. The summed E-state index contributed by atoms with van der Waals surface area (Å²) in [5, 5.41) is 2.93. The summed E-state index contributed by atoms with van der Waals surface area (Å²) < 4.78 is 1.91. The Balaban J connectivity index is 1.41. The zero-order valence-electron chi connectivity index (χ0n) is 14.1. The van der Waals surface area contributed by atoms with Crippen LogP contribution in [0.25, 0.3) is 11.4 Å². The van der Waals surface area contributed by atoms with Gasteiger partial charge in [0.15, 0.2) is 0 Å². The smallest absolute Gasteiger partial charge is 0.242 e. The van der Waals surface area contributed by atoms with Crippen LogP contribution in [0.1, 0.15) is 19.3 Å². The Kier molecular flexibility index (Phi) is 4.03. The van der Waals surface area contributed by atoms with Crippen LogP contribution in [-0.4, -0.2) is 45.9 Å². The number of hydrogen-bond acceptors (Lipinski definition) is 3. The van der Waals surface area contributed by atoms with Gasteiger partial charge in [-0.25, -0.2) is 4.98 Å². The lowest BCUT2D eigenvalue weighted by atomic mass is 9.77. The average molecular weight is 338 g/mol. The summed E-state index contributed by atoms with van der Waals surface area (Å²) in [4.78, 5) is 30.5. The highest BCUT2D eigenvalue weighted by molar-refractivity contribution is 5.80. The molecule has 1 N–H and O–H groups in total. The van der Waals surface area contributed by atoms with Crippen LogP contribution in [0.2, 0.25) is 0 Å². The number of nitrogens with one attached hydrogen (secondary N) is 1. The third kappa shape index (κ3) is 3.16. The Morgan fingerprint density at radius 2 is 1.96 bits per heavy atom. The minimum Gasteiger partial charge on any atom is -0.356 e. The summed E-state index contributed by atoms with van der Waals surface area (Å²) in [5.41, 5.74) is 1.08. The van der Waals surface area contributed by atoms with Crippen molar-refractivity contribution in [1.82, 2.24) is 19.8 Å². The van der Waals surface area contributed by atoms with Gasteiger partial charge >= 0.3 is 0 Å². The molecule has 2 amide bonds. The maximum atomic E-state index is 12.7. The van der Waals surface area contributed by atoms with E-state index in [0.717, 1.165) is 43.9 Å². The van der Waals surface area contributed by atoms with E-state index in [2.05, 4.69) is 10.3 Å². The van der Waals surface area contributed by atoms with Gasteiger partial charge in [-0.1, -0.05) is 30.3 Å². The van der Waals surface area contributed by atoms with E-state index in [9.17, 15) is 9.59 Å². The molecule has 0 unspecified atom stereocenters. The Bertz CT molecular complexity index is 776. The van der Waals surface area contributed by atoms with Crippen molar-refractivity contribution >= 4 is 11.8 Å². The minimum absolute atomic E-state index is 0.0675. The number of piperidine rings is 1. The first kappa shape index (κ1) is 15.9. The van der Waals surface area contributed by atoms with Gasteiger partial charge in [0, 0.05) is 44.0 Å². The molecule has 2 fully saturated rings. The topological polar surface area (TPSA) is 67.2 Å². The first-order chi connectivity index (χ1) is 12.2. The Hall–Kier alpha value is -2.63. The SMILES string of the molecule is O=C1CC2(CCN(C(=O)Cn3ccnc3-c3ccccc3)CC2)CN1. The number of carbonyl (C=O) groups is 2. The summed E-state index contributed by atoms with van der Waals surface area (Å²) in [6.45, 7) is 2.51. The lowest BCUT2D eigenvalue weighted by molar-refractivity contribution is -0.134. The quantitative estimate of drug-likeness (QED) is 0.926. The molecule has 2 aliphatic heterocycles. The van der Waals surface area contributed by atoms with Gasteiger partial charge in [-0.3, -0.25) is 9.59 Å². The second-order valence-corrected chi connectivity index (χ2v) is 7.08. The predicted octanol–water partition coefficient (Wildman–Crippen LogP) is 1.68. The van der Waals surface area contributed by atoms with Crippen molar-refractivity contribution in [2.24, 2.45) is 5.41 Å². The van der Waals surface area contributed by atoms with Crippen molar-refractivity contribution in [3.05, 3.63) is 42.7 Å². The largest absolute Gasteiger partial charge is 0.356 e. The van der Waals surface area contributed by atoms with Crippen LogP contribution >= 0.6 is 0 Å². The Morgan fingerprint density at radius 1 is 1.20 bits per heavy atom. The maximum absolute atomic E-state index is 12.7.